The van der Waals surface area contributed by atoms with Gasteiger partial charge in [-0.15, -0.1) is 15.0 Å². The van der Waals surface area contributed by atoms with Crippen LogP contribution in [-0.2, 0) is 5.41 Å². The van der Waals surface area contributed by atoms with Gasteiger partial charge in [0.25, 0.3) is 0 Å². The van der Waals surface area contributed by atoms with Gasteiger partial charge in [-0.3, -0.25) is 0 Å². The fourth-order valence-electron chi connectivity index (χ4n) is 4.05. The van der Waals surface area contributed by atoms with E-state index in [0.717, 1.165) is 27.7 Å². The molecule has 0 aliphatic rings. The van der Waals surface area contributed by atoms with Crippen molar-refractivity contribution in [2.45, 2.75) is 12.3 Å². The molecule has 0 saturated heterocycles. The van der Waals surface area contributed by atoms with Gasteiger partial charge in [0.1, 0.15) is 34.0 Å². The van der Waals surface area contributed by atoms with Crippen LogP contribution in [0.15, 0.2) is 91.0 Å². The summed E-state index contributed by atoms with van der Waals surface area (Å²) in [6, 6.07) is 27.0. The summed E-state index contributed by atoms with van der Waals surface area (Å²) in [5, 5.41) is 39.3. The fraction of sp³-hybridized carbons (Fsp3) is 0.0769. The van der Waals surface area contributed by atoms with Gasteiger partial charge in [0.15, 0.2) is 0 Å². The van der Waals surface area contributed by atoms with Crippen LogP contribution in [0.2, 0.25) is 0 Å². The number of benzene rings is 4. The number of nitrogens with zero attached hydrogens (tertiary/aromatic N) is 3. The minimum atomic E-state index is -0.642. The molecule has 1 aromatic heterocycles. The first-order valence-corrected chi connectivity index (χ1v) is 10.2. The Hall–Kier alpha value is -4.32. The molecule has 0 unspecified atom stereocenters. The monoisotopic (exact) mass is 423 g/mol. The minimum Gasteiger partial charge on any atom is -0.508 e. The van der Waals surface area contributed by atoms with E-state index in [1.165, 1.54) is 4.80 Å². The lowest BCUT2D eigenvalue weighted by Gasteiger charge is -2.32. The molecule has 0 aliphatic heterocycles. The first-order valence-electron chi connectivity index (χ1n) is 10.2. The van der Waals surface area contributed by atoms with E-state index in [4.69, 9.17) is 0 Å². The van der Waals surface area contributed by atoms with Gasteiger partial charge in [0.2, 0.25) is 0 Å². The molecular formula is C26H21N3O3. The molecule has 0 radical (unpaired) electrons. The summed E-state index contributed by atoms with van der Waals surface area (Å²) >= 11 is 0. The lowest BCUT2D eigenvalue weighted by Crippen LogP contribution is -2.25. The Morgan fingerprint density at radius 3 is 1.59 bits per heavy atom. The van der Waals surface area contributed by atoms with Crippen LogP contribution in [0.25, 0.3) is 16.7 Å². The molecule has 4 aromatic carbocycles. The van der Waals surface area contributed by atoms with Crippen LogP contribution in [-0.4, -0.2) is 30.3 Å². The molecule has 158 valence electrons. The summed E-state index contributed by atoms with van der Waals surface area (Å²) in [5.74, 6) is 0.425. The average Bonchev–Trinajstić information content (AvgIpc) is 3.24. The lowest BCUT2D eigenvalue weighted by atomic mass is 9.71. The zero-order valence-electron chi connectivity index (χ0n) is 17.3. The molecule has 0 atom stereocenters. The number of hydrogen-bond acceptors (Lipinski definition) is 5. The average molecular weight is 423 g/mol. The molecule has 5 rings (SSSR count). The molecule has 0 spiro atoms. The highest BCUT2D eigenvalue weighted by Gasteiger charge is 2.32. The van der Waals surface area contributed by atoms with Gasteiger partial charge in [0, 0.05) is 5.41 Å². The number of rotatable bonds is 4. The third-order valence-electron chi connectivity index (χ3n) is 5.94. The van der Waals surface area contributed by atoms with Crippen LogP contribution < -0.4 is 0 Å². The topological polar surface area (TPSA) is 91.4 Å². The van der Waals surface area contributed by atoms with Gasteiger partial charge in [0.05, 0.1) is 0 Å². The zero-order chi connectivity index (χ0) is 22.3. The predicted molar refractivity (Wildman–Crippen MR) is 122 cm³/mol. The highest BCUT2D eigenvalue weighted by atomic mass is 16.3. The van der Waals surface area contributed by atoms with E-state index in [-0.39, 0.29) is 17.2 Å². The minimum absolute atomic E-state index is 0.0628. The van der Waals surface area contributed by atoms with Crippen molar-refractivity contribution in [3.05, 3.63) is 108 Å². The van der Waals surface area contributed by atoms with Gasteiger partial charge >= 0.3 is 0 Å². The van der Waals surface area contributed by atoms with Crippen molar-refractivity contribution in [1.82, 2.24) is 15.0 Å². The molecule has 0 bridgehead atoms. The maximum absolute atomic E-state index is 10.6. The van der Waals surface area contributed by atoms with E-state index in [0.29, 0.717) is 5.69 Å². The molecule has 6 heteroatoms. The zero-order valence-corrected chi connectivity index (χ0v) is 17.3. The number of fused-ring (bicyclic) bond motifs is 1. The second kappa shape index (κ2) is 7.42. The van der Waals surface area contributed by atoms with E-state index in [9.17, 15) is 15.3 Å². The van der Waals surface area contributed by atoms with Crippen LogP contribution in [0.5, 0.6) is 17.2 Å². The Balaban J connectivity index is 1.72. The van der Waals surface area contributed by atoms with E-state index >= 15 is 0 Å². The van der Waals surface area contributed by atoms with Crippen molar-refractivity contribution in [2.75, 3.05) is 0 Å². The quantitative estimate of drug-likeness (QED) is 0.358. The predicted octanol–water partition coefficient (Wildman–Crippen LogP) is 4.89. The third-order valence-corrected chi connectivity index (χ3v) is 5.94. The maximum Gasteiger partial charge on any atom is 0.143 e. The van der Waals surface area contributed by atoms with Crippen LogP contribution >= 0.6 is 0 Å². The highest BCUT2D eigenvalue weighted by molar-refractivity contribution is 5.73. The summed E-state index contributed by atoms with van der Waals surface area (Å²) < 4.78 is 0. The van der Waals surface area contributed by atoms with Crippen LogP contribution in [0.3, 0.4) is 0 Å². The van der Waals surface area contributed by atoms with Gasteiger partial charge in [-0.2, -0.15) is 0 Å². The number of phenols is 3. The van der Waals surface area contributed by atoms with E-state index < -0.39 is 5.41 Å². The lowest BCUT2D eigenvalue weighted by molar-refractivity contribution is 0.467. The fourth-order valence-corrected chi connectivity index (χ4v) is 4.05. The SMILES string of the molecule is CC(c1ccc(O)cc1)(c1ccc(O)cc1)c1ccc(O)c(-n2nc3ccccc3n2)c1. The van der Waals surface area contributed by atoms with Crippen molar-refractivity contribution in [3.8, 4) is 22.9 Å². The standard InChI is InChI=1S/C26H21N3O3/c1-26(17-6-11-20(30)12-7-17,18-8-13-21(31)14-9-18)19-10-15-25(32)24(16-19)29-27-22-4-2-3-5-23(22)28-29/h2-16,30-32H,1H3. The number of hydrogen-bond donors (Lipinski definition) is 3. The molecule has 3 N–H and O–H groups in total. The molecule has 0 aliphatic carbocycles. The molecule has 1 heterocycles. The maximum atomic E-state index is 10.6. The van der Waals surface area contributed by atoms with Gasteiger partial charge < -0.3 is 15.3 Å². The van der Waals surface area contributed by atoms with Crippen LogP contribution in [0, 0.1) is 0 Å². The van der Waals surface area contributed by atoms with E-state index in [1.807, 2.05) is 60.7 Å². The van der Waals surface area contributed by atoms with Gasteiger partial charge in [-0.25, -0.2) is 0 Å². The highest BCUT2D eigenvalue weighted by Crippen LogP contribution is 2.41. The largest absolute Gasteiger partial charge is 0.508 e. The number of aromatic nitrogens is 3. The number of phenolic OH excluding ortho intramolecular Hbond substituents is 3. The van der Waals surface area contributed by atoms with Crippen molar-refractivity contribution in [3.63, 3.8) is 0 Å². The first kappa shape index (κ1) is 19.6. The second-order valence-corrected chi connectivity index (χ2v) is 7.90. The Morgan fingerprint density at radius 1 is 0.625 bits per heavy atom. The van der Waals surface area contributed by atoms with Crippen molar-refractivity contribution < 1.29 is 15.3 Å². The molecule has 6 nitrogen and oxygen atoms in total. The Bertz CT molecular complexity index is 1330. The molecule has 0 saturated carbocycles. The second-order valence-electron chi connectivity index (χ2n) is 7.90. The summed E-state index contributed by atoms with van der Waals surface area (Å²) in [6.45, 7) is 2.06. The van der Waals surface area contributed by atoms with Crippen LogP contribution in [0.4, 0.5) is 0 Å². The molecule has 0 fully saturated rings. The first-order chi connectivity index (χ1) is 15.4. The number of aromatic hydroxyl groups is 3. The van der Waals surface area contributed by atoms with Crippen molar-refractivity contribution >= 4 is 11.0 Å². The Labute approximate surface area is 184 Å². The van der Waals surface area contributed by atoms with Gasteiger partial charge in [-0.05, 0) is 72.1 Å². The molecule has 5 aromatic rings. The molecule has 32 heavy (non-hydrogen) atoms. The van der Waals surface area contributed by atoms with Crippen LogP contribution in [0.1, 0.15) is 23.6 Å². The Kier molecular flexibility index (Phi) is 4.56. The smallest absolute Gasteiger partial charge is 0.143 e. The van der Waals surface area contributed by atoms with Crippen molar-refractivity contribution in [2.24, 2.45) is 0 Å². The summed E-state index contributed by atoms with van der Waals surface area (Å²) in [4.78, 5) is 1.44. The van der Waals surface area contributed by atoms with Crippen molar-refractivity contribution in [1.29, 1.82) is 0 Å². The normalized spacial score (nSPS) is 11.7. The Morgan fingerprint density at radius 2 is 1.09 bits per heavy atom. The molecule has 0 amide bonds. The molecular weight excluding hydrogens is 402 g/mol. The summed E-state index contributed by atoms with van der Waals surface area (Å²) in [5.41, 5.74) is 4.06. The van der Waals surface area contributed by atoms with E-state index in [1.54, 1.807) is 30.3 Å². The summed E-state index contributed by atoms with van der Waals surface area (Å²) in [7, 11) is 0. The van der Waals surface area contributed by atoms with E-state index in [2.05, 4.69) is 17.1 Å². The summed E-state index contributed by atoms with van der Waals surface area (Å²) in [6.07, 6.45) is 0. The third kappa shape index (κ3) is 3.22. The van der Waals surface area contributed by atoms with Gasteiger partial charge in [-0.1, -0.05) is 42.5 Å².